The molecule has 0 aliphatic carbocycles. The molecule has 0 aliphatic rings. The minimum Gasteiger partial charge on any atom is -0.396 e. The van der Waals surface area contributed by atoms with Crippen LogP contribution < -0.4 is 0 Å². The van der Waals surface area contributed by atoms with Crippen molar-refractivity contribution in [1.82, 2.24) is 0 Å². The Kier molecular flexibility index (Phi) is 12.3. The minimum atomic E-state index is 0.317. The number of aliphatic hydroxyl groups is 2. The van der Waals surface area contributed by atoms with E-state index < -0.39 is 0 Å². The molecular weight excluding hydrogens is 291 g/mol. The van der Waals surface area contributed by atoms with E-state index in [1.165, 1.54) is 38.5 Å². The molecule has 0 saturated carbocycles. The van der Waals surface area contributed by atoms with Crippen molar-refractivity contribution < 1.29 is 10.2 Å². The van der Waals surface area contributed by atoms with Crippen LogP contribution in [0.15, 0.2) is 0 Å². The average Bonchev–Trinajstić information content (AvgIpc) is 2.21. The molecule has 0 fully saturated rings. The molecule has 0 saturated heterocycles. The predicted octanol–water partition coefficient (Wildman–Crippen LogP) is 2.90. The zero-order chi connectivity index (χ0) is 10.6. The van der Waals surface area contributed by atoms with Crippen LogP contribution in [0, 0.1) is 0 Å². The second-order valence-electron chi connectivity index (χ2n) is 3.77. The number of unbranched alkanes of at least 4 members (excludes halogenated alkanes) is 6. The molecule has 2 N–H and O–H groups in total. The lowest BCUT2D eigenvalue weighted by Gasteiger charge is -2.05. The van der Waals surface area contributed by atoms with Gasteiger partial charge in [0.1, 0.15) is 0 Å². The summed E-state index contributed by atoms with van der Waals surface area (Å²) in [6, 6.07) is 0. The molecule has 1 unspecified atom stereocenters. The van der Waals surface area contributed by atoms with Gasteiger partial charge in [-0.25, -0.2) is 0 Å². The molecular formula is C11H23IO2. The first-order chi connectivity index (χ1) is 6.81. The SMILES string of the molecule is OCCCCCCCCCC(I)CO. The lowest BCUT2D eigenvalue weighted by Crippen LogP contribution is -2.02. The predicted molar refractivity (Wildman–Crippen MR) is 68.9 cm³/mol. The van der Waals surface area contributed by atoms with Crippen molar-refractivity contribution in [2.75, 3.05) is 13.2 Å². The maximum Gasteiger partial charge on any atom is 0.0548 e. The van der Waals surface area contributed by atoms with Crippen LogP contribution in [-0.4, -0.2) is 27.4 Å². The van der Waals surface area contributed by atoms with Crippen molar-refractivity contribution in [2.24, 2.45) is 0 Å². The number of hydrogen-bond acceptors (Lipinski definition) is 2. The number of halogens is 1. The van der Waals surface area contributed by atoms with Crippen LogP contribution >= 0.6 is 22.6 Å². The van der Waals surface area contributed by atoms with Gasteiger partial charge < -0.3 is 10.2 Å². The fourth-order valence-corrected chi connectivity index (χ4v) is 1.89. The molecule has 0 aromatic carbocycles. The van der Waals surface area contributed by atoms with Gasteiger partial charge in [0, 0.05) is 10.5 Å². The number of hydrogen-bond donors (Lipinski definition) is 2. The summed E-state index contributed by atoms with van der Waals surface area (Å²) >= 11 is 2.31. The van der Waals surface area contributed by atoms with Gasteiger partial charge >= 0.3 is 0 Å². The Bertz CT molecular complexity index is 109. The van der Waals surface area contributed by atoms with Crippen molar-refractivity contribution in [1.29, 1.82) is 0 Å². The zero-order valence-corrected chi connectivity index (χ0v) is 11.1. The van der Waals surface area contributed by atoms with Crippen LogP contribution in [0.4, 0.5) is 0 Å². The maximum absolute atomic E-state index is 8.80. The topological polar surface area (TPSA) is 40.5 Å². The summed E-state index contributed by atoms with van der Waals surface area (Å²) in [5.41, 5.74) is 0. The summed E-state index contributed by atoms with van der Waals surface area (Å²) in [6.07, 6.45) is 9.67. The van der Waals surface area contributed by atoms with Crippen LogP contribution in [0.3, 0.4) is 0 Å². The molecule has 0 rings (SSSR count). The standard InChI is InChI=1S/C11H23IO2/c12-11(10-14)8-6-4-2-1-3-5-7-9-13/h11,13-14H,1-10H2. The van der Waals surface area contributed by atoms with Crippen molar-refractivity contribution in [3.63, 3.8) is 0 Å². The first kappa shape index (κ1) is 14.6. The van der Waals surface area contributed by atoms with Crippen molar-refractivity contribution in [3.05, 3.63) is 0 Å². The van der Waals surface area contributed by atoms with Crippen LogP contribution in [0.2, 0.25) is 0 Å². The van der Waals surface area contributed by atoms with Gasteiger partial charge in [0.25, 0.3) is 0 Å². The monoisotopic (exact) mass is 314 g/mol. The fourth-order valence-electron chi connectivity index (χ4n) is 1.45. The molecule has 86 valence electrons. The molecule has 0 bridgehead atoms. The van der Waals surface area contributed by atoms with E-state index in [2.05, 4.69) is 22.6 Å². The summed E-state index contributed by atoms with van der Waals surface area (Å²) in [5.74, 6) is 0. The Morgan fingerprint density at radius 3 is 1.79 bits per heavy atom. The number of rotatable bonds is 10. The second-order valence-corrected chi connectivity index (χ2v) is 5.53. The summed E-state index contributed by atoms with van der Waals surface area (Å²) in [7, 11) is 0. The van der Waals surface area contributed by atoms with Crippen LogP contribution in [-0.2, 0) is 0 Å². The summed E-state index contributed by atoms with van der Waals surface area (Å²) < 4.78 is 0.446. The molecule has 0 radical (unpaired) electrons. The molecule has 3 heteroatoms. The third-order valence-electron chi connectivity index (χ3n) is 2.37. The molecule has 1 atom stereocenters. The average molecular weight is 314 g/mol. The van der Waals surface area contributed by atoms with E-state index in [9.17, 15) is 0 Å². The van der Waals surface area contributed by atoms with E-state index in [4.69, 9.17) is 10.2 Å². The Morgan fingerprint density at radius 2 is 1.29 bits per heavy atom. The third-order valence-corrected chi connectivity index (χ3v) is 3.39. The van der Waals surface area contributed by atoms with Gasteiger partial charge in [0.2, 0.25) is 0 Å². The Labute approximate surface area is 101 Å². The fraction of sp³-hybridized carbons (Fsp3) is 1.00. The van der Waals surface area contributed by atoms with Crippen molar-refractivity contribution >= 4 is 22.6 Å². The maximum atomic E-state index is 8.80. The summed E-state index contributed by atoms with van der Waals surface area (Å²) in [6.45, 7) is 0.657. The van der Waals surface area contributed by atoms with Crippen molar-refractivity contribution in [3.8, 4) is 0 Å². The third kappa shape index (κ3) is 10.7. The molecule has 14 heavy (non-hydrogen) atoms. The van der Waals surface area contributed by atoms with E-state index >= 15 is 0 Å². The molecule has 0 heterocycles. The first-order valence-corrected chi connectivity index (χ1v) is 6.91. The quantitative estimate of drug-likeness (QED) is 0.370. The number of aliphatic hydroxyl groups excluding tert-OH is 2. The van der Waals surface area contributed by atoms with Crippen LogP contribution in [0.25, 0.3) is 0 Å². The molecule has 0 aromatic rings. The highest BCUT2D eigenvalue weighted by Crippen LogP contribution is 2.13. The second kappa shape index (κ2) is 11.7. The normalized spacial score (nSPS) is 13.1. The van der Waals surface area contributed by atoms with E-state index in [0.29, 0.717) is 17.1 Å². The Balaban J connectivity index is 2.92. The highest BCUT2D eigenvalue weighted by molar-refractivity contribution is 14.1. The Hall–Kier alpha value is 0.650. The smallest absolute Gasteiger partial charge is 0.0548 e. The number of alkyl halides is 1. The Morgan fingerprint density at radius 1 is 0.786 bits per heavy atom. The van der Waals surface area contributed by atoms with Gasteiger partial charge in [0.15, 0.2) is 0 Å². The lowest BCUT2D eigenvalue weighted by molar-refractivity contribution is 0.282. The van der Waals surface area contributed by atoms with E-state index in [-0.39, 0.29) is 0 Å². The van der Waals surface area contributed by atoms with Gasteiger partial charge in [-0.1, -0.05) is 61.1 Å². The van der Waals surface area contributed by atoms with E-state index in [1.54, 1.807) is 0 Å². The van der Waals surface area contributed by atoms with Gasteiger partial charge in [-0.05, 0) is 12.8 Å². The van der Waals surface area contributed by atoms with Gasteiger partial charge in [-0.3, -0.25) is 0 Å². The minimum absolute atomic E-state index is 0.317. The van der Waals surface area contributed by atoms with Crippen molar-refractivity contribution in [2.45, 2.75) is 55.3 Å². The molecule has 0 spiro atoms. The highest BCUT2D eigenvalue weighted by atomic mass is 127. The van der Waals surface area contributed by atoms with E-state index in [0.717, 1.165) is 12.8 Å². The highest BCUT2D eigenvalue weighted by Gasteiger charge is 2.00. The zero-order valence-electron chi connectivity index (χ0n) is 8.92. The lowest BCUT2D eigenvalue weighted by atomic mass is 10.1. The van der Waals surface area contributed by atoms with Gasteiger partial charge in [-0.15, -0.1) is 0 Å². The van der Waals surface area contributed by atoms with Crippen LogP contribution in [0.5, 0.6) is 0 Å². The largest absolute Gasteiger partial charge is 0.396 e. The molecule has 0 aliphatic heterocycles. The van der Waals surface area contributed by atoms with E-state index in [1.807, 2.05) is 0 Å². The van der Waals surface area contributed by atoms with Gasteiger partial charge in [-0.2, -0.15) is 0 Å². The van der Waals surface area contributed by atoms with Gasteiger partial charge in [0.05, 0.1) is 6.61 Å². The van der Waals surface area contributed by atoms with Crippen LogP contribution in [0.1, 0.15) is 51.4 Å². The summed E-state index contributed by atoms with van der Waals surface area (Å²) in [5, 5.41) is 17.4. The first-order valence-electron chi connectivity index (χ1n) is 5.67. The molecule has 0 amide bonds. The molecule has 0 aromatic heterocycles. The molecule has 2 nitrogen and oxygen atoms in total. The summed E-state index contributed by atoms with van der Waals surface area (Å²) in [4.78, 5) is 0.